The molecule has 0 aliphatic rings. The van der Waals surface area contributed by atoms with Crippen molar-refractivity contribution in [3.8, 4) is 0 Å². The molecule has 122 valence electrons. The number of sulfonamides is 1. The SMILES string of the molecule is CCSCCC(NS(=O)(=O)c1ccc(C(=O)O)cc1)C(=O)O. The number of thioether (sulfide) groups is 1. The molecule has 0 heterocycles. The molecule has 1 aromatic carbocycles. The molecular formula is C13H17NO6S2. The van der Waals surface area contributed by atoms with Crippen molar-refractivity contribution in [2.45, 2.75) is 24.3 Å². The fourth-order valence-corrected chi connectivity index (χ4v) is 3.53. The molecule has 0 aliphatic heterocycles. The number of benzene rings is 1. The molecule has 0 amide bonds. The smallest absolute Gasteiger partial charge is 0.335 e. The van der Waals surface area contributed by atoms with E-state index in [4.69, 9.17) is 10.2 Å². The van der Waals surface area contributed by atoms with Crippen LogP contribution in [-0.4, -0.2) is 48.1 Å². The fourth-order valence-electron chi connectivity index (χ4n) is 1.61. The molecule has 1 aromatic rings. The lowest BCUT2D eigenvalue weighted by Crippen LogP contribution is -2.41. The normalized spacial score (nSPS) is 12.8. The summed E-state index contributed by atoms with van der Waals surface area (Å²) in [5.41, 5.74) is -0.0481. The van der Waals surface area contributed by atoms with Crippen molar-refractivity contribution in [2.24, 2.45) is 0 Å². The van der Waals surface area contributed by atoms with Crippen molar-refractivity contribution in [3.05, 3.63) is 29.8 Å². The van der Waals surface area contributed by atoms with E-state index >= 15 is 0 Å². The molecule has 0 aliphatic carbocycles. The van der Waals surface area contributed by atoms with Crippen molar-refractivity contribution in [1.82, 2.24) is 4.72 Å². The molecule has 7 nitrogen and oxygen atoms in total. The first-order chi connectivity index (χ1) is 10.3. The van der Waals surface area contributed by atoms with Crippen LogP contribution >= 0.6 is 11.8 Å². The topological polar surface area (TPSA) is 121 Å². The van der Waals surface area contributed by atoms with Gasteiger partial charge in [-0.3, -0.25) is 4.79 Å². The van der Waals surface area contributed by atoms with Gasteiger partial charge in [0, 0.05) is 0 Å². The third kappa shape index (κ3) is 5.32. The van der Waals surface area contributed by atoms with Crippen LogP contribution in [-0.2, 0) is 14.8 Å². The van der Waals surface area contributed by atoms with Gasteiger partial charge in [0.15, 0.2) is 0 Å². The van der Waals surface area contributed by atoms with Gasteiger partial charge in [-0.25, -0.2) is 13.2 Å². The largest absolute Gasteiger partial charge is 0.480 e. The van der Waals surface area contributed by atoms with E-state index in [2.05, 4.69) is 4.72 Å². The van der Waals surface area contributed by atoms with E-state index in [1.807, 2.05) is 6.92 Å². The Hall–Kier alpha value is -1.58. The second-order valence-corrected chi connectivity index (χ2v) is 7.44. The number of nitrogens with one attached hydrogen (secondary N) is 1. The molecule has 0 saturated heterocycles. The summed E-state index contributed by atoms with van der Waals surface area (Å²) in [5.74, 6) is -1.08. The van der Waals surface area contributed by atoms with Gasteiger partial charge in [0.2, 0.25) is 10.0 Å². The lowest BCUT2D eigenvalue weighted by Gasteiger charge is -2.14. The number of carbonyl (C=O) groups is 2. The number of carboxylic acid groups (broad SMARTS) is 2. The highest BCUT2D eigenvalue weighted by atomic mass is 32.2. The number of hydrogen-bond donors (Lipinski definition) is 3. The van der Waals surface area contributed by atoms with Crippen LogP contribution in [0.25, 0.3) is 0 Å². The van der Waals surface area contributed by atoms with Crippen LogP contribution in [0.2, 0.25) is 0 Å². The van der Waals surface area contributed by atoms with Crippen LogP contribution in [0.4, 0.5) is 0 Å². The van der Waals surface area contributed by atoms with Crippen molar-refractivity contribution >= 4 is 33.7 Å². The van der Waals surface area contributed by atoms with Gasteiger partial charge in [-0.15, -0.1) is 0 Å². The number of aliphatic carboxylic acids is 1. The van der Waals surface area contributed by atoms with Gasteiger partial charge in [0.25, 0.3) is 0 Å². The molecular weight excluding hydrogens is 330 g/mol. The van der Waals surface area contributed by atoms with Crippen molar-refractivity contribution < 1.29 is 28.2 Å². The first-order valence-corrected chi connectivity index (χ1v) is 9.08. The molecule has 0 saturated carbocycles. The maximum Gasteiger partial charge on any atom is 0.335 e. The zero-order chi connectivity index (χ0) is 16.8. The number of hydrogen-bond acceptors (Lipinski definition) is 5. The second-order valence-electron chi connectivity index (χ2n) is 4.33. The third-order valence-corrected chi connectivity index (χ3v) is 5.18. The van der Waals surface area contributed by atoms with E-state index in [0.717, 1.165) is 30.0 Å². The summed E-state index contributed by atoms with van der Waals surface area (Å²) in [6.07, 6.45) is 0.167. The first-order valence-electron chi connectivity index (χ1n) is 6.44. The summed E-state index contributed by atoms with van der Waals surface area (Å²) < 4.78 is 26.4. The monoisotopic (exact) mass is 347 g/mol. The molecule has 1 rings (SSSR count). The Balaban J connectivity index is 2.87. The van der Waals surface area contributed by atoms with Gasteiger partial charge >= 0.3 is 11.9 Å². The van der Waals surface area contributed by atoms with Crippen molar-refractivity contribution in [3.63, 3.8) is 0 Å². The minimum atomic E-state index is -4.02. The average Bonchev–Trinajstić information content (AvgIpc) is 2.46. The quantitative estimate of drug-likeness (QED) is 0.575. The van der Waals surface area contributed by atoms with Crippen LogP contribution in [0.3, 0.4) is 0 Å². The van der Waals surface area contributed by atoms with Crippen molar-refractivity contribution in [2.75, 3.05) is 11.5 Å². The molecule has 1 atom stereocenters. The van der Waals surface area contributed by atoms with Gasteiger partial charge in [-0.2, -0.15) is 16.5 Å². The molecule has 0 spiro atoms. The van der Waals surface area contributed by atoms with E-state index in [9.17, 15) is 18.0 Å². The highest BCUT2D eigenvalue weighted by Crippen LogP contribution is 2.13. The molecule has 0 aromatic heterocycles. The predicted molar refractivity (Wildman–Crippen MR) is 82.8 cm³/mol. The minimum absolute atomic E-state index is 0.0481. The van der Waals surface area contributed by atoms with Crippen LogP contribution < -0.4 is 4.72 Å². The number of rotatable bonds is 9. The Labute approximate surface area is 132 Å². The lowest BCUT2D eigenvalue weighted by atomic mass is 10.2. The summed E-state index contributed by atoms with van der Waals surface area (Å²) in [5, 5.41) is 17.9. The van der Waals surface area contributed by atoms with E-state index < -0.39 is 28.0 Å². The van der Waals surface area contributed by atoms with Gasteiger partial charge in [-0.1, -0.05) is 6.92 Å². The standard InChI is InChI=1S/C13H17NO6S2/c1-2-21-8-7-11(13(17)18)14-22(19,20)10-5-3-9(4-6-10)12(15)16/h3-6,11,14H,2,7-8H2,1H3,(H,15,16)(H,17,18). The fraction of sp³-hybridized carbons (Fsp3) is 0.385. The van der Waals surface area contributed by atoms with E-state index in [-0.39, 0.29) is 16.9 Å². The molecule has 0 radical (unpaired) electrons. The van der Waals surface area contributed by atoms with Gasteiger partial charge < -0.3 is 10.2 Å². The average molecular weight is 347 g/mol. The lowest BCUT2D eigenvalue weighted by molar-refractivity contribution is -0.139. The molecule has 22 heavy (non-hydrogen) atoms. The number of carboxylic acids is 2. The van der Waals surface area contributed by atoms with Gasteiger partial charge in [-0.05, 0) is 42.2 Å². The summed E-state index contributed by atoms with van der Waals surface area (Å²) >= 11 is 1.52. The molecule has 0 bridgehead atoms. The molecule has 9 heteroatoms. The van der Waals surface area contributed by atoms with Crippen LogP contribution in [0.5, 0.6) is 0 Å². The Kier molecular flexibility index (Phi) is 6.85. The maximum absolute atomic E-state index is 12.1. The number of aromatic carboxylic acids is 1. The second kappa shape index (κ2) is 8.16. The zero-order valence-corrected chi connectivity index (χ0v) is 13.5. The highest BCUT2D eigenvalue weighted by molar-refractivity contribution is 7.99. The van der Waals surface area contributed by atoms with E-state index in [1.54, 1.807) is 0 Å². The summed E-state index contributed by atoms with van der Waals surface area (Å²) in [4.78, 5) is 21.7. The van der Waals surface area contributed by atoms with Crippen LogP contribution in [0.1, 0.15) is 23.7 Å². The van der Waals surface area contributed by atoms with Gasteiger partial charge in [0.1, 0.15) is 6.04 Å². The summed E-state index contributed by atoms with van der Waals surface area (Å²) in [6, 6.07) is 3.35. The van der Waals surface area contributed by atoms with E-state index in [0.29, 0.717) is 5.75 Å². The Bertz CT molecular complexity index is 626. The van der Waals surface area contributed by atoms with Gasteiger partial charge in [0.05, 0.1) is 10.5 Å². The molecule has 3 N–H and O–H groups in total. The Morgan fingerprint density at radius 3 is 2.27 bits per heavy atom. The summed E-state index contributed by atoms with van der Waals surface area (Å²) in [6.45, 7) is 1.93. The maximum atomic E-state index is 12.1. The first kappa shape index (κ1) is 18.5. The third-order valence-electron chi connectivity index (χ3n) is 2.76. The summed E-state index contributed by atoms with van der Waals surface area (Å²) in [7, 11) is -4.02. The minimum Gasteiger partial charge on any atom is -0.480 e. The molecule has 1 unspecified atom stereocenters. The highest BCUT2D eigenvalue weighted by Gasteiger charge is 2.25. The molecule has 0 fully saturated rings. The Morgan fingerprint density at radius 1 is 1.23 bits per heavy atom. The predicted octanol–water partition coefficient (Wildman–Crippen LogP) is 1.26. The van der Waals surface area contributed by atoms with Crippen LogP contribution in [0, 0.1) is 0 Å². The van der Waals surface area contributed by atoms with Crippen molar-refractivity contribution in [1.29, 1.82) is 0 Å². The Morgan fingerprint density at radius 2 is 1.82 bits per heavy atom. The van der Waals surface area contributed by atoms with Crippen LogP contribution in [0.15, 0.2) is 29.2 Å². The zero-order valence-electron chi connectivity index (χ0n) is 11.9. The van der Waals surface area contributed by atoms with E-state index in [1.165, 1.54) is 11.8 Å².